The molecule has 1 aromatic carbocycles. The maximum Gasteiger partial charge on any atom is 0.410 e. The maximum atomic E-state index is 12.9. The van der Waals surface area contributed by atoms with Crippen molar-refractivity contribution in [3.05, 3.63) is 72.1 Å². The van der Waals surface area contributed by atoms with Gasteiger partial charge in [0.05, 0.1) is 6.54 Å². The van der Waals surface area contributed by atoms with Gasteiger partial charge >= 0.3 is 6.09 Å². The second kappa shape index (κ2) is 10.1. The lowest BCUT2D eigenvalue weighted by Gasteiger charge is -2.34. The van der Waals surface area contributed by atoms with Crippen molar-refractivity contribution in [2.45, 2.75) is 58.3 Å². The fourth-order valence-corrected chi connectivity index (χ4v) is 4.09. The van der Waals surface area contributed by atoms with Gasteiger partial charge in [0.15, 0.2) is 0 Å². The number of nitrogens with zero attached hydrogens (tertiary/aromatic N) is 5. The predicted octanol–water partition coefficient (Wildman–Crippen LogP) is 3.63. The Morgan fingerprint density at radius 3 is 2.44 bits per heavy atom. The van der Waals surface area contributed by atoms with Gasteiger partial charge in [0.1, 0.15) is 23.9 Å². The van der Waals surface area contributed by atoms with Crippen molar-refractivity contribution >= 4 is 12.0 Å². The van der Waals surface area contributed by atoms with Crippen LogP contribution in [0, 0.1) is 0 Å². The second-order valence-corrected chi connectivity index (χ2v) is 9.59. The molecular formula is C25H32N6O3. The molecule has 0 bridgehead atoms. The largest absolute Gasteiger partial charge is 0.444 e. The van der Waals surface area contributed by atoms with Gasteiger partial charge in [0, 0.05) is 31.9 Å². The van der Waals surface area contributed by atoms with Gasteiger partial charge in [-0.25, -0.2) is 14.5 Å². The fraction of sp³-hybridized carbons (Fsp3) is 0.440. The Balaban J connectivity index is 1.29. The summed E-state index contributed by atoms with van der Waals surface area (Å²) in [5.41, 5.74) is 2.28. The molecule has 0 saturated carbocycles. The van der Waals surface area contributed by atoms with Crippen LogP contribution in [0.4, 0.5) is 4.79 Å². The molecule has 34 heavy (non-hydrogen) atoms. The standard InChI is InChI=1S/C25H32N6O3/c1-25(2,3)34-24(33)29-13-10-21(11-14-29)31-12-4-5-22(31)23(32)27-15-19-6-8-20(9-7-19)16-30-18-26-17-28-30/h4-9,12,17-18,21H,10-11,13-16H2,1-3H3,(H,27,32). The van der Waals surface area contributed by atoms with Gasteiger partial charge in [0.2, 0.25) is 0 Å². The highest BCUT2D eigenvalue weighted by Crippen LogP contribution is 2.25. The van der Waals surface area contributed by atoms with Crippen molar-refractivity contribution in [2.75, 3.05) is 13.1 Å². The van der Waals surface area contributed by atoms with Crippen LogP contribution in [0.3, 0.4) is 0 Å². The van der Waals surface area contributed by atoms with Crippen molar-refractivity contribution < 1.29 is 14.3 Å². The lowest BCUT2D eigenvalue weighted by atomic mass is 10.0. The molecule has 0 unspecified atom stereocenters. The first-order chi connectivity index (χ1) is 16.3. The van der Waals surface area contributed by atoms with Crippen molar-refractivity contribution in [3.63, 3.8) is 0 Å². The van der Waals surface area contributed by atoms with E-state index in [0.717, 1.165) is 24.0 Å². The quantitative estimate of drug-likeness (QED) is 0.601. The van der Waals surface area contributed by atoms with Crippen LogP contribution in [0.5, 0.6) is 0 Å². The van der Waals surface area contributed by atoms with E-state index in [0.29, 0.717) is 31.9 Å². The van der Waals surface area contributed by atoms with Gasteiger partial charge in [0.25, 0.3) is 5.91 Å². The van der Waals surface area contributed by atoms with Gasteiger partial charge in [-0.1, -0.05) is 24.3 Å². The minimum atomic E-state index is -0.503. The number of amides is 2. The maximum absolute atomic E-state index is 12.9. The predicted molar refractivity (Wildman–Crippen MR) is 127 cm³/mol. The van der Waals surface area contributed by atoms with E-state index in [4.69, 9.17) is 4.74 Å². The van der Waals surface area contributed by atoms with Crippen LogP contribution in [0.2, 0.25) is 0 Å². The molecule has 2 amide bonds. The van der Waals surface area contributed by atoms with Crippen LogP contribution >= 0.6 is 0 Å². The van der Waals surface area contributed by atoms with Gasteiger partial charge in [-0.3, -0.25) is 4.79 Å². The van der Waals surface area contributed by atoms with E-state index < -0.39 is 5.60 Å². The summed E-state index contributed by atoms with van der Waals surface area (Å²) < 4.78 is 9.28. The highest BCUT2D eigenvalue weighted by Gasteiger charge is 2.28. The number of hydrogen-bond acceptors (Lipinski definition) is 5. The molecule has 0 spiro atoms. The van der Waals surface area contributed by atoms with E-state index >= 15 is 0 Å². The van der Waals surface area contributed by atoms with Crippen molar-refractivity contribution in [1.82, 2.24) is 29.5 Å². The third-order valence-electron chi connectivity index (χ3n) is 5.81. The minimum absolute atomic E-state index is 0.105. The number of benzene rings is 1. The number of nitrogens with one attached hydrogen (secondary N) is 1. The topological polar surface area (TPSA) is 94.3 Å². The van der Waals surface area contributed by atoms with Gasteiger partial charge < -0.3 is 19.5 Å². The minimum Gasteiger partial charge on any atom is -0.444 e. The molecule has 180 valence electrons. The van der Waals surface area contributed by atoms with Crippen LogP contribution < -0.4 is 5.32 Å². The molecule has 9 nitrogen and oxygen atoms in total. The van der Waals surface area contributed by atoms with E-state index in [1.54, 1.807) is 15.9 Å². The third kappa shape index (κ3) is 6.03. The molecule has 4 rings (SSSR count). The third-order valence-corrected chi connectivity index (χ3v) is 5.81. The molecule has 9 heteroatoms. The number of likely N-dealkylation sites (tertiary alicyclic amines) is 1. The first kappa shape index (κ1) is 23.5. The van der Waals surface area contributed by atoms with Gasteiger partial charge in [-0.05, 0) is 56.9 Å². The van der Waals surface area contributed by atoms with Crippen LogP contribution in [-0.4, -0.2) is 54.9 Å². The zero-order valence-electron chi connectivity index (χ0n) is 20.0. The van der Waals surface area contributed by atoms with E-state index in [9.17, 15) is 9.59 Å². The highest BCUT2D eigenvalue weighted by atomic mass is 16.6. The Kier molecular flexibility index (Phi) is 7.00. The zero-order valence-corrected chi connectivity index (χ0v) is 20.0. The Labute approximate surface area is 199 Å². The molecular weight excluding hydrogens is 432 g/mol. The van der Waals surface area contributed by atoms with Crippen LogP contribution in [-0.2, 0) is 17.8 Å². The van der Waals surface area contributed by atoms with E-state index in [2.05, 4.69) is 15.4 Å². The molecule has 1 fully saturated rings. The molecule has 0 radical (unpaired) electrons. The van der Waals surface area contributed by atoms with Crippen LogP contribution in [0.1, 0.15) is 61.3 Å². The van der Waals surface area contributed by atoms with E-state index in [1.165, 1.54) is 6.33 Å². The molecule has 1 saturated heterocycles. The molecule has 1 aliphatic heterocycles. The number of piperidine rings is 1. The Morgan fingerprint density at radius 1 is 1.09 bits per heavy atom. The number of aromatic nitrogens is 4. The summed E-state index contributed by atoms with van der Waals surface area (Å²) in [4.78, 5) is 30.9. The number of carbonyl (C=O) groups is 2. The Morgan fingerprint density at radius 2 is 1.79 bits per heavy atom. The molecule has 3 heterocycles. The molecule has 1 aliphatic rings. The first-order valence-electron chi connectivity index (χ1n) is 11.6. The molecule has 0 atom stereocenters. The smallest absolute Gasteiger partial charge is 0.410 e. The van der Waals surface area contributed by atoms with Crippen molar-refractivity contribution in [3.8, 4) is 0 Å². The average molecular weight is 465 g/mol. The fourth-order valence-electron chi connectivity index (χ4n) is 4.09. The lowest BCUT2D eigenvalue weighted by molar-refractivity contribution is 0.0187. The van der Waals surface area contributed by atoms with E-state index in [-0.39, 0.29) is 18.0 Å². The summed E-state index contributed by atoms with van der Waals surface area (Å²) in [5, 5.41) is 7.14. The Bertz CT molecular complexity index is 1090. The van der Waals surface area contributed by atoms with E-state index in [1.807, 2.05) is 67.9 Å². The number of rotatable bonds is 6. The summed E-state index contributed by atoms with van der Waals surface area (Å²) in [6.07, 6.45) is 6.43. The molecule has 1 N–H and O–H groups in total. The van der Waals surface area contributed by atoms with Crippen LogP contribution in [0.25, 0.3) is 0 Å². The zero-order chi connectivity index (χ0) is 24.1. The highest BCUT2D eigenvalue weighted by molar-refractivity contribution is 5.92. The number of ether oxygens (including phenoxy) is 1. The molecule has 3 aromatic rings. The number of hydrogen-bond donors (Lipinski definition) is 1. The Hall–Kier alpha value is -3.62. The molecule has 0 aliphatic carbocycles. The normalized spacial score (nSPS) is 14.7. The molecule has 2 aromatic heterocycles. The summed E-state index contributed by atoms with van der Waals surface area (Å²) in [6.45, 7) is 7.94. The van der Waals surface area contributed by atoms with Gasteiger partial charge in [-0.2, -0.15) is 5.10 Å². The summed E-state index contributed by atoms with van der Waals surface area (Å²) in [5.74, 6) is -0.105. The van der Waals surface area contributed by atoms with Gasteiger partial charge in [-0.15, -0.1) is 0 Å². The summed E-state index contributed by atoms with van der Waals surface area (Å²) in [6, 6.07) is 12.0. The SMILES string of the molecule is CC(C)(C)OC(=O)N1CCC(n2cccc2C(=O)NCc2ccc(Cn3cncn3)cc2)CC1. The lowest BCUT2D eigenvalue weighted by Crippen LogP contribution is -2.42. The second-order valence-electron chi connectivity index (χ2n) is 9.59. The summed E-state index contributed by atoms with van der Waals surface area (Å²) in [7, 11) is 0. The summed E-state index contributed by atoms with van der Waals surface area (Å²) >= 11 is 0. The van der Waals surface area contributed by atoms with Crippen molar-refractivity contribution in [1.29, 1.82) is 0 Å². The monoisotopic (exact) mass is 464 g/mol. The number of carbonyl (C=O) groups excluding carboxylic acids is 2. The van der Waals surface area contributed by atoms with Crippen LogP contribution in [0.15, 0.2) is 55.2 Å². The average Bonchev–Trinajstić information content (AvgIpc) is 3.50. The first-order valence-corrected chi connectivity index (χ1v) is 11.6. The van der Waals surface area contributed by atoms with Crippen molar-refractivity contribution in [2.24, 2.45) is 0 Å².